The van der Waals surface area contributed by atoms with Gasteiger partial charge < -0.3 is 5.11 Å². The van der Waals surface area contributed by atoms with Crippen LogP contribution in [-0.4, -0.2) is 25.9 Å². The van der Waals surface area contributed by atoms with Gasteiger partial charge in [-0.25, -0.2) is 8.42 Å². The summed E-state index contributed by atoms with van der Waals surface area (Å²) in [6, 6.07) is 7.05. The highest BCUT2D eigenvalue weighted by atomic mass is 32.2. The molecule has 0 saturated heterocycles. The molecular formula is C10H12O3S. The van der Waals surface area contributed by atoms with Gasteiger partial charge in [-0.15, -0.1) is 0 Å². The molecule has 1 aliphatic rings. The van der Waals surface area contributed by atoms with E-state index in [9.17, 15) is 8.42 Å². The Bertz CT molecular complexity index is 436. The van der Waals surface area contributed by atoms with Crippen LogP contribution in [0.2, 0.25) is 0 Å². The summed E-state index contributed by atoms with van der Waals surface area (Å²) in [7, 11) is -3.09. The van der Waals surface area contributed by atoms with Crippen LogP contribution in [0.25, 0.3) is 0 Å². The zero-order valence-corrected chi connectivity index (χ0v) is 8.50. The van der Waals surface area contributed by atoms with Gasteiger partial charge in [0.2, 0.25) is 0 Å². The number of aliphatic hydroxyl groups is 1. The van der Waals surface area contributed by atoms with Gasteiger partial charge in [-0.2, -0.15) is 0 Å². The molecular weight excluding hydrogens is 200 g/mol. The maximum Gasteiger partial charge on any atom is 0.179 e. The molecule has 0 amide bonds. The molecule has 0 saturated carbocycles. The first-order valence-electron chi connectivity index (χ1n) is 4.57. The first-order valence-corrected chi connectivity index (χ1v) is 6.23. The minimum atomic E-state index is -3.09. The molecule has 0 aromatic heterocycles. The lowest BCUT2D eigenvalue weighted by molar-refractivity contribution is 0.279. The van der Waals surface area contributed by atoms with Crippen LogP contribution in [0.5, 0.6) is 0 Å². The first-order chi connectivity index (χ1) is 6.65. The lowest BCUT2D eigenvalue weighted by Gasteiger charge is -2.06. The third-order valence-corrected chi connectivity index (χ3v) is 4.48. The van der Waals surface area contributed by atoms with Gasteiger partial charge in [-0.05, 0) is 18.1 Å². The van der Waals surface area contributed by atoms with E-state index in [1.54, 1.807) is 12.1 Å². The van der Waals surface area contributed by atoms with Gasteiger partial charge in [0.05, 0.1) is 10.6 Å². The molecule has 76 valence electrons. The number of hydrogen-bond donors (Lipinski definition) is 1. The second-order valence-electron chi connectivity index (χ2n) is 3.53. The van der Waals surface area contributed by atoms with Crippen molar-refractivity contribution in [3.8, 4) is 0 Å². The number of rotatable bonds is 2. The fourth-order valence-electron chi connectivity index (χ4n) is 1.94. The molecule has 0 fully saturated rings. The van der Waals surface area contributed by atoms with E-state index >= 15 is 0 Å². The van der Waals surface area contributed by atoms with Gasteiger partial charge in [0, 0.05) is 12.5 Å². The smallest absolute Gasteiger partial charge is 0.179 e. The van der Waals surface area contributed by atoms with Crippen LogP contribution < -0.4 is 0 Å². The first kappa shape index (κ1) is 9.68. The van der Waals surface area contributed by atoms with E-state index in [0.29, 0.717) is 11.3 Å². The number of sulfone groups is 1. The van der Waals surface area contributed by atoms with Crippen LogP contribution in [0.15, 0.2) is 29.2 Å². The minimum absolute atomic E-state index is 0.0267. The zero-order chi connectivity index (χ0) is 10.2. The molecule has 2 rings (SSSR count). The van der Waals surface area contributed by atoms with Crippen LogP contribution in [0.4, 0.5) is 0 Å². The van der Waals surface area contributed by atoms with E-state index in [2.05, 4.69) is 0 Å². The third kappa shape index (κ3) is 1.44. The second kappa shape index (κ2) is 3.37. The van der Waals surface area contributed by atoms with Crippen molar-refractivity contribution in [1.29, 1.82) is 0 Å². The molecule has 14 heavy (non-hydrogen) atoms. The summed E-state index contributed by atoms with van der Waals surface area (Å²) in [5.74, 6) is 0.119. The monoisotopic (exact) mass is 212 g/mol. The van der Waals surface area contributed by atoms with Crippen molar-refractivity contribution < 1.29 is 13.5 Å². The average Bonchev–Trinajstić information content (AvgIpc) is 2.41. The molecule has 0 aliphatic carbocycles. The summed E-state index contributed by atoms with van der Waals surface area (Å²) in [6.07, 6.45) is 0.524. The summed E-state index contributed by atoms with van der Waals surface area (Å²) < 4.78 is 23.3. The van der Waals surface area contributed by atoms with Crippen LogP contribution >= 0.6 is 0 Å². The number of fused-ring (bicyclic) bond motifs is 1. The van der Waals surface area contributed by atoms with Crippen molar-refractivity contribution in [2.45, 2.75) is 17.2 Å². The summed E-state index contributed by atoms with van der Waals surface area (Å²) in [5.41, 5.74) is 0.863. The van der Waals surface area contributed by atoms with E-state index in [1.807, 2.05) is 12.1 Å². The molecule has 0 spiro atoms. The van der Waals surface area contributed by atoms with Crippen molar-refractivity contribution >= 4 is 9.84 Å². The number of hydrogen-bond acceptors (Lipinski definition) is 3. The van der Waals surface area contributed by atoms with Crippen molar-refractivity contribution in [3.63, 3.8) is 0 Å². The molecule has 1 N–H and O–H groups in total. The van der Waals surface area contributed by atoms with Crippen LogP contribution in [-0.2, 0) is 9.84 Å². The predicted octanol–water partition coefficient (Wildman–Crippen LogP) is 0.940. The molecule has 1 unspecified atom stereocenters. The van der Waals surface area contributed by atoms with Crippen molar-refractivity contribution in [1.82, 2.24) is 0 Å². The molecule has 1 aromatic carbocycles. The fraction of sp³-hybridized carbons (Fsp3) is 0.400. The Morgan fingerprint density at radius 3 is 2.79 bits per heavy atom. The number of benzene rings is 1. The van der Waals surface area contributed by atoms with E-state index < -0.39 is 9.84 Å². The Morgan fingerprint density at radius 2 is 2.07 bits per heavy atom. The van der Waals surface area contributed by atoms with Gasteiger partial charge in [-0.3, -0.25) is 0 Å². The lowest BCUT2D eigenvalue weighted by atomic mass is 9.99. The molecule has 1 aromatic rings. The van der Waals surface area contributed by atoms with Crippen molar-refractivity contribution in [3.05, 3.63) is 29.8 Å². The summed E-state index contributed by atoms with van der Waals surface area (Å²) in [4.78, 5) is 0.443. The molecule has 0 radical (unpaired) electrons. The van der Waals surface area contributed by atoms with Crippen LogP contribution in [0.1, 0.15) is 17.9 Å². The van der Waals surface area contributed by atoms with Gasteiger partial charge in [0.1, 0.15) is 0 Å². The Hall–Kier alpha value is -0.870. The number of aliphatic hydroxyl groups excluding tert-OH is 1. The zero-order valence-electron chi connectivity index (χ0n) is 7.68. The molecule has 0 bridgehead atoms. The van der Waals surface area contributed by atoms with E-state index in [0.717, 1.165) is 5.56 Å². The molecule has 3 nitrogen and oxygen atoms in total. The highest BCUT2D eigenvalue weighted by Crippen LogP contribution is 2.36. The van der Waals surface area contributed by atoms with E-state index in [4.69, 9.17) is 5.11 Å². The molecule has 1 atom stereocenters. The average molecular weight is 212 g/mol. The van der Waals surface area contributed by atoms with Gasteiger partial charge in [-0.1, -0.05) is 18.2 Å². The van der Waals surface area contributed by atoms with Crippen molar-refractivity contribution in [2.24, 2.45) is 0 Å². The lowest BCUT2D eigenvalue weighted by Crippen LogP contribution is -2.05. The molecule has 1 heterocycles. The van der Waals surface area contributed by atoms with Gasteiger partial charge >= 0.3 is 0 Å². The third-order valence-electron chi connectivity index (χ3n) is 2.59. The van der Waals surface area contributed by atoms with Crippen LogP contribution in [0, 0.1) is 0 Å². The standard InChI is InChI=1S/C10H12O3S/c11-6-5-8-7-14(12,13)10-4-2-1-3-9(8)10/h1-4,8,11H,5-7H2. The Kier molecular flexibility index (Phi) is 2.33. The maximum atomic E-state index is 11.7. The topological polar surface area (TPSA) is 54.4 Å². The Labute approximate surface area is 83.3 Å². The van der Waals surface area contributed by atoms with Crippen LogP contribution in [0.3, 0.4) is 0 Å². The summed E-state index contributed by atoms with van der Waals surface area (Å²) in [6.45, 7) is 0.0362. The highest BCUT2D eigenvalue weighted by Gasteiger charge is 2.33. The van der Waals surface area contributed by atoms with E-state index in [1.165, 1.54) is 0 Å². The Balaban J connectivity index is 2.50. The summed E-state index contributed by atoms with van der Waals surface area (Å²) in [5, 5.41) is 8.83. The van der Waals surface area contributed by atoms with Gasteiger partial charge in [0.25, 0.3) is 0 Å². The molecule has 4 heteroatoms. The summed E-state index contributed by atoms with van der Waals surface area (Å²) >= 11 is 0. The second-order valence-corrected chi connectivity index (χ2v) is 5.53. The van der Waals surface area contributed by atoms with Gasteiger partial charge in [0.15, 0.2) is 9.84 Å². The SMILES string of the molecule is O=S1(=O)CC(CCO)c2ccccc21. The molecule has 1 aliphatic heterocycles. The Morgan fingerprint density at radius 1 is 1.36 bits per heavy atom. The normalized spacial score (nSPS) is 23.4. The quantitative estimate of drug-likeness (QED) is 0.793. The highest BCUT2D eigenvalue weighted by molar-refractivity contribution is 7.91. The van der Waals surface area contributed by atoms with E-state index in [-0.39, 0.29) is 18.3 Å². The fourth-order valence-corrected chi connectivity index (χ4v) is 3.88. The maximum absolute atomic E-state index is 11.7. The largest absolute Gasteiger partial charge is 0.396 e. The predicted molar refractivity (Wildman–Crippen MR) is 52.9 cm³/mol. The minimum Gasteiger partial charge on any atom is -0.396 e. The van der Waals surface area contributed by atoms with Crippen molar-refractivity contribution in [2.75, 3.05) is 12.4 Å².